The fourth-order valence-corrected chi connectivity index (χ4v) is 2.87. The highest BCUT2D eigenvalue weighted by Crippen LogP contribution is 2.19. The molecule has 4 N–H and O–H groups in total. The van der Waals surface area contributed by atoms with Crippen LogP contribution in [0.25, 0.3) is 0 Å². The van der Waals surface area contributed by atoms with Crippen LogP contribution in [0.15, 0.2) is 23.1 Å². The smallest absolute Gasteiger partial charge is 0.241 e. The number of nitrogen functional groups attached to an aromatic ring is 1. The van der Waals surface area contributed by atoms with E-state index in [-0.39, 0.29) is 4.90 Å². The Balaban J connectivity index is 3.11. The van der Waals surface area contributed by atoms with Crippen molar-refractivity contribution in [2.75, 3.05) is 5.73 Å². The fraction of sp³-hybridized carbons (Fsp3) is 0.500. The van der Waals surface area contributed by atoms with Crippen molar-refractivity contribution in [2.45, 2.75) is 44.2 Å². The summed E-state index contributed by atoms with van der Waals surface area (Å²) in [6.07, 6.45) is -0.804. The maximum absolute atomic E-state index is 12.2. The van der Waals surface area contributed by atoms with Gasteiger partial charge in [0, 0.05) is 5.69 Å². The summed E-state index contributed by atoms with van der Waals surface area (Å²) in [4.78, 5) is 0.142. The van der Waals surface area contributed by atoms with Crippen molar-refractivity contribution in [2.24, 2.45) is 0 Å². The Kier molecular flexibility index (Phi) is 4.05. The summed E-state index contributed by atoms with van der Waals surface area (Å²) in [7, 11) is -3.67. The van der Waals surface area contributed by atoms with Crippen molar-refractivity contribution >= 4 is 15.7 Å². The number of nitrogens with two attached hydrogens (primary N) is 1. The van der Waals surface area contributed by atoms with Crippen LogP contribution in [-0.4, -0.2) is 25.2 Å². The highest BCUT2D eigenvalue weighted by Gasteiger charge is 2.30. The molecule has 0 aromatic heterocycles. The molecule has 0 bridgehead atoms. The number of hydrogen-bond donors (Lipinski definition) is 3. The zero-order valence-electron chi connectivity index (χ0n) is 11.1. The van der Waals surface area contributed by atoms with Crippen molar-refractivity contribution in [1.29, 1.82) is 0 Å². The molecule has 0 aliphatic carbocycles. The zero-order valence-corrected chi connectivity index (χ0v) is 11.9. The Labute approximate surface area is 108 Å². The highest BCUT2D eigenvalue weighted by molar-refractivity contribution is 7.89. The molecule has 0 saturated carbocycles. The monoisotopic (exact) mass is 272 g/mol. The quantitative estimate of drug-likeness (QED) is 0.713. The number of rotatable bonds is 4. The summed E-state index contributed by atoms with van der Waals surface area (Å²) >= 11 is 0. The van der Waals surface area contributed by atoms with E-state index in [1.165, 1.54) is 19.1 Å². The minimum atomic E-state index is -3.67. The molecule has 102 valence electrons. The molecule has 1 aromatic rings. The number of benzene rings is 1. The maximum atomic E-state index is 12.2. The number of aryl methyl sites for hydroxylation is 1. The lowest BCUT2D eigenvalue weighted by molar-refractivity contribution is 0.111. The summed E-state index contributed by atoms with van der Waals surface area (Å²) in [6.45, 7) is 6.53. The van der Waals surface area contributed by atoms with Crippen LogP contribution in [0, 0.1) is 6.92 Å². The van der Waals surface area contributed by atoms with Crippen LogP contribution in [0.2, 0.25) is 0 Å². The number of aliphatic hydroxyl groups is 1. The predicted molar refractivity (Wildman–Crippen MR) is 71.7 cm³/mol. The SMILES string of the molecule is Cc1cc(S(=O)(=O)NC(C)(C)C(C)O)ccc1N. The first kappa shape index (κ1) is 14.9. The summed E-state index contributed by atoms with van der Waals surface area (Å²) in [6, 6.07) is 4.51. The van der Waals surface area contributed by atoms with Crippen LogP contribution < -0.4 is 10.5 Å². The molecule has 0 fully saturated rings. The molecule has 0 heterocycles. The van der Waals surface area contributed by atoms with Crippen LogP contribution in [0.3, 0.4) is 0 Å². The minimum absolute atomic E-state index is 0.142. The van der Waals surface area contributed by atoms with Gasteiger partial charge in [0.1, 0.15) is 0 Å². The molecule has 6 heteroatoms. The number of nitrogens with one attached hydrogen (secondary N) is 1. The van der Waals surface area contributed by atoms with Gasteiger partial charge < -0.3 is 10.8 Å². The van der Waals surface area contributed by atoms with Crippen molar-refractivity contribution < 1.29 is 13.5 Å². The van der Waals surface area contributed by atoms with Gasteiger partial charge in [0.15, 0.2) is 0 Å². The molecule has 0 radical (unpaired) electrons. The summed E-state index contributed by atoms with van der Waals surface area (Å²) in [5, 5.41) is 9.54. The number of sulfonamides is 1. The third-order valence-corrected chi connectivity index (χ3v) is 4.66. The molecule has 1 aromatic carbocycles. The van der Waals surface area contributed by atoms with Gasteiger partial charge in [-0.05, 0) is 51.5 Å². The molecule has 5 nitrogen and oxygen atoms in total. The Morgan fingerprint density at radius 2 is 1.94 bits per heavy atom. The molecule has 0 aliphatic rings. The molecule has 1 atom stereocenters. The van der Waals surface area contributed by atoms with E-state index >= 15 is 0 Å². The molecule has 1 rings (SSSR count). The summed E-state index contributed by atoms with van der Waals surface area (Å²) in [5.41, 5.74) is 5.96. The maximum Gasteiger partial charge on any atom is 0.241 e. The minimum Gasteiger partial charge on any atom is -0.399 e. The Morgan fingerprint density at radius 3 is 2.39 bits per heavy atom. The summed E-state index contributed by atoms with van der Waals surface area (Å²) in [5.74, 6) is 0. The molecule has 0 spiro atoms. The first-order chi connectivity index (χ1) is 8.06. The van der Waals surface area contributed by atoms with Crippen molar-refractivity contribution in [1.82, 2.24) is 4.72 Å². The number of hydrogen-bond acceptors (Lipinski definition) is 4. The van der Waals surface area contributed by atoms with Crippen molar-refractivity contribution in [3.8, 4) is 0 Å². The Bertz CT molecular complexity index is 536. The van der Waals surface area contributed by atoms with Gasteiger partial charge in [-0.1, -0.05) is 0 Å². The fourth-order valence-electron chi connectivity index (χ4n) is 1.31. The molecule has 1 unspecified atom stereocenters. The Morgan fingerprint density at radius 1 is 1.39 bits per heavy atom. The molecular formula is C12H20N2O3S. The van der Waals surface area contributed by atoms with Crippen LogP contribution in [0.1, 0.15) is 26.3 Å². The number of anilines is 1. The lowest BCUT2D eigenvalue weighted by Crippen LogP contribution is -2.50. The van der Waals surface area contributed by atoms with Crippen LogP contribution >= 0.6 is 0 Å². The van der Waals surface area contributed by atoms with E-state index in [1.807, 2.05) is 0 Å². The number of aliphatic hydroxyl groups excluding tert-OH is 1. The average Bonchev–Trinajstić information content (AvgIpc) is 2.20. The Hall–Kier alpha value is -1.11. The lowest BCUT2D eigenvalue weighted by Gasteiger charge is -2.29. The normalized spacial score (nSPS) is 14.5. The largest absolute Gasteiger partial charge is 0.399 e. The third-order valence-electron chi connectivity index (χ3n) is 2.99. The van der Waals surface area contributed by atoms with Gasteiger partial charge in [0.2, 0.25) is 10.0 Å². The van der Waals surface area contributed by atoms with Crippen LogP contribution in [-0.2, 0) is 10.0 Å². The van der Waals surface area contributed by atoms with E-state index in [4.69, 9.17) is 5.73 Å². The average molecular weight is 272 g/mol. The van der Waals surface area contributed by atoms with E-state index < -0.39 is 21.7 Å². The summed E-state index contributed by atoms with van der Waals surface area (Å²) < 4.78 is 26.8. The molecular weight excluding hydrogens is 252 g/mol. The van der Waals surface area contributed by atoms with Crippen molar-refractivity contribution in [3.63, 3.8) is 0 Å². The van der Waals surface area contributed by atoms with Gasteiger partial charge in [-0.3, -0.25) is 0 Å². The first-order valence-electron chi connectivity index (χ1n) is 5.64. The standard InChI is InChI=1S/C12H20N2O3S/c1-8-7-10(5-6-11(8)13)18(16,17)14-12(3,4)9(2)15/h5-7,9,14-15H,13H2,1-4H3. The second-order valence-corrected chi connectivity index (χ2v) is 6.70. The van der Waals surface area contributed by atoms with Crippen LogP contribution in [0.5, 0.6) is 0 Å². The molecule has 0 saturated heterocycles. The molecule has 0 aliphatic heterocycles. The third kappa shape index (κ3) is 3.22. The predicted octanol–water partition coefficient (Wildman–Crippen LogP) is 1.01. The van der Waals surface area contributed by atoms with Gasteiger partial charge in [0.25, 0.3) is 0 Å². The second kappa shape index (κ2) is 4.87. The van der Waals surface area contributed by atoms with Gasteiger partial charge in [-0.25, -0.2) is 13.1 Å². The van der Waals surface area contributed by atoms with Crippen LogP contribution in [0.4, 0.5) is 5.69 Å². The van der Waals surface area contributed by atoms with Crippen molar-refractivity contribution in [3.05, 3.63) is 23.8 Å². The van der Waals surface area contributed by atoms with E-state index in [9.17, 15) is 13.5 Å². The molecule has 0 amide bonds. The van der Waals surface area contributed by atoms with Gasteiger partial charge in [-0.2, -0.15) is 0 Å². The molecule has 18 heavy (non-hydrogen) atoms. The zero-order chi connectivity index (χ0) is 14.1. The topological polar surface area (TPSA) is 92.4 Å². The van der Waals surface area contributed by atoms with Gasteiger partial charge in [-0.15, -0.1) is 0 Å². The van der Waals surface area contributed by atoms with E-state index in [2.05, 4.69) is 4.72 Å². The van der Waals surface area contributed by atoms with Gasteiger partial charge in [0.05, 0.1) is 16.5 Å². The van der Waals surface area contributed by atoms with Gasteiger partial charge >= 0.3 is 0 Å². The van der Waals surface area contributed by atoms with E-state index in [0.717, 1.165) is 0 Å². The second-order valence-electron chi connectivity index (χ2n) is 5.02. The highest BCUT2D eigenvalue weighted by atomic mass is 32.2. The van der Waals surface area contributed by atoms with E-state index in [1.54, 1.807) is 26.8 Å². The van der Waals surface area contributed by atoms with E-state index in [0.29, 0.717) is 11.3 Å². The first-order valence-corrected chi connectivity index (χ1v) is 7.13. The lowest BCUT2D eigenvalue weighted by atomic mass is 10.0.